The molecule has 1 N–H and O–H groups in total. The molecule has 94 valence electrons. The summed E-state index contributed by atoms with van der Waals surface area (Å²) in [5.74, 6) is -1.13. The third kappa shape index (κ3) is 2.67. The van der Waals surface area contributed by atoms with Crippen LogP contribution >= 0.6 is 0 Å². The number of aryl methyl sites for hydroxylation is 2. The van der Waals surface area contributed by atoms with E-state index >= 15 is 0 Å². The number of rotatable bonds is 3. The topological polar surface area (TPSA) is 12.0 Å². The Hall–Kier alpha value is -1.90. The molecule has 0 aliphatic carbocycles. The highest BCUT2D eigenvalue weighted by Gasteiger charge is 2.05. The van der Waals surface area contributed by atoms with Crippen molar-refractivity contribution in [2.75, 3.05) is 5.32 Å². The van der Waals surface area contributed by atoms with E-state index in [1.54, 1.807) is 0 Å². The number of nitrogens with one attached hydrogen (secondary N) is 1. The van der Waals surface area contributed by atoms with Gasteiger partial charge in [0, 0.05) is 12.6 Å². The van der Waals surface area contributed by atoms with E-state index in [4.69, 9.17) is 0 Å². The molecule has 1 nitrogen and oxygen atoms in total. The van der Waals surface area contributed by atoms with Gasteiger partial charge in [-0.15, -0.1) is 0 Å². The molecule has 0 aromatic heterocycles. The summed E-state index contributed by atoms with van der Waals surface area (Å²) in [7, 11) is 0. The summed E-state index contributed by atoms with van der Waals surface area (Å²) in [5.41, 5.74) is 3.77. The molecule has 0 unspecified atom stereocenters. The van der Waals surface area contributed by atoms with Gasteiger partial charge in [0.1, 0.15) is 11.6 Å². The second kappa shape index (κ2) is 5.17. The quantitative estimate of drug-likeness (QED) is 0.857. The molecule has 18 heavy (non-hydrogen) atoms. The van der Waals surface area contributed by atoms with E-state index in [1.807, 2.05) is 32.0 Å². The zero-order valence-electron chi connectivity index (χ0n) is 10.4. The molecule has 0 aliphatic heterocycles. The first-order chi connectivity index (χ1) is 8.58. The normalized spacial score (nSPS) is 10.4. The number of hydrogen-bond donors (Lipinski definition) is 1. The molecule has 0 fully saturated rings. The molecule has 0 radical (unpaired) electrons. The summed E-state index contributed by atoms with van der Waals surface area (Å²) in [6, 6.07) is 9.57. The Bertz CT molecular complexity index is 544. The molecule has 0 bridgehead atoms. The van der Waals surface area contributed by atoms with E-state index in [9.17, 15) is 8.78 Å². The number of hydrogen-bond acceptors (Lipinski definition) is 1. The molecule has 0 saturated carbocycles. The minimum Gasteiger partial charge on any atom is -0.379 e. The molecule has 3 heteroatoms. The molecule has 2 aromatic rings. The lowest BCUT2D eigenvalue weighted by atomic mass is 10.0. The van der Waals surface area contributed by atoms with E-state index in [1.165, 1.54) is 12.1 Å². The van der Waals surface area contributed by atoms with Crippen molar-refractivity contribution >= 4 is 5.69 Å². The largest absolute Gasteiger partial charge is 0.379 e. The van der Waals surface area contributed by atoms with Crippen LogP contribution in [0.25, 0.3) is 0 Å². The van der Waals surface area contributed by atoms with Crippen molar-refractivity contribution in [3.63, 3.8) is 0 Å². The van der Waals surface area contributed by atoms with Crippen molar-refractivity contribution in [2.24, 2.45) is 0 Å². The van der Waals surface area contributed by atoms with Crippen LogP contribution in [0.5, 0.6) is 0 Å². The van der Waals surface area contributed by atoms with Crippen LogP contribution in [0.15, 0.2) is 36.4 Å². The number of anilines is 1. The maximum Gasteiger partial charge on any atom is 0.149 e. The fourth-order valence-electron chi connectivity index (χ4n) is 1.94. The van der Waals surface area contributed by atoms with E-state index in [-0.39, 0.29) is 0 Å². The van der Waals surface area contributed by atoms with Gasteiger partial charge < -0.3 is 5.32 Å². The van der Waals surface area contributed by atoms with E-state index in [2.05, 4.69) is 5.32 Å². The van der Waals surface area contributed by atoms with Crippen molar-refractivity contribution in [1.82, 2.24) is 0 Å². The highest BCUT2D eigenvalue weighted by molar-refractivity contribution is 5.46. The van der Waals surface area contributed by atoms with Crippen LogP contribution < -0.4 is 5.32 Å². The van der Waals surface area contributed by atoms with Crippen molar-refractivity contribution in [1.29, 1.82) is 0 Å². The molecule has 0 atom stereocenters. The van der Waals surface area contributed by atoms with Crippen molar-refractivity contribution in [3.05, 3.63) is 64.7 Å². The summed E-state index contributed by atoms with van der Waals surface area (Å²) in [6.07, 6.45) is 0. The van der Waals surface area contributed by atoms with Crippen molar-refractivity contribution in [3.8, 4) is 0 Å². The smallest absolute Gasteiger partial charge is 0.149 e. The Balaban J connectivity index is 2.16. The Morgan fingerprint density at radius 2 is 1.67 bits per heavy atom. The summed E-state index contributed by atoms with van der Waals surface area (Å²) < 4.78 is 26.2. The average molecular weight is 247 g/mol. The number of benzene rings is 2. The van der Waals surface area contributed by atoms with Gasteiger partial charge >= 0.3 is 0 Å². The Morgan fingerprint density at radius 1 is 1.00 bits per heavy atom. The highest BCUT2D eigenvalue weighted by atomic mass is 19.1. The van der Waals surface area contributed by atoms with Crippen LogP contribution in [0.2, 0.25) is 0 Å². The van der Waals surface area contributed by atoms with Gasteiger partial charge in [-0.05, 0) is 42.7 Å². The SMILES string of the molecule is Cc1cccc(C)c1CNc1ccc(F)cc1F. The van der Waals surface area contributed by atoms with E-state index < -0.39 is 11.6 Å². The Morgan fingerprint density at radius 3 is 2.28 bits per heavy atom. The standard InChI is InChI=1S/C15H15F2N/c1-10-4-3-5-11(2)13(10)9-18-15-7-6-12(16)8-14(15)17/h3-8,18H,9H2,1-2H3. The van der Waals surface area contributed by atoms with Gasteiger partial charge in [0.25, 0.3) is 0 Å². The lowest BCUT2D eigenvalue weighted by Gasteiger charge is -2.12. The highest BCUT2D eigenvalue weighted by Crippen LogP contribution is 2.18. The molecule has 0 amide bonds. The van der Waals surface area contributed by atoms with Crippen LogP contribution in [0.4, 0.5) is 14.5 Å². The summed E-state index contributed by atoms with van der Waals surface area (Å²) in [6.45, 7) is 4.57. The first-order valence-electron chi connectivity index (χ1n) is 5.82. The fraction of sp³-hybridized carbons (Fsp3) is 0.200. The Labute approximate surface area is 105 Å². The molecule has 0 spiro atoms. The van der Waals surface area contributed by atoms with Gasteiger partial charge in [-0.2, -0.15) is 0 Å². The lowest BCUT2D eigenvalue weighted by molar-refractivity contribution is 0.585. The molecule has 2 rings (SSSR count). The van der Waals surface area contributed by atoms with Gasteiger partial charge in [-0.3, -0.25) is 0 Å². The molecule has 2 aromatic carbocycles. The van der Waals surface area contributed by atoms with Crippen molar-refractivity contribution < 1.29 is 8.78 Å². The predicted octanol–water partition coefficient (Wildman–Crippen LogP) is 4.19. The van der Waals surface area contributed by atoms with Crippen molar-refractivity contribution in [2.45, 2.75) is 20.4 Å². The van der Waals surface area contributed by atoms with Crippen LogP contribution in [-0.4, -0.2) is 0 Å². The van der Waals surface area contributed by atoms with Crippen LogP contribution in [-0.2, 0) is 6.54 Å². The third-order valence-electron chi connectivity index (χ3n) is 3.03. The number of halogens is 2. The molecule has 0 heterocycles. The molecular formula is C15H15F2N. The Kier molecular flexibility index (Phi) is 3.60. The van der Waals surface area contributed by atoms with Gasteiger partial charge in [0.2, 0.25) is 0 Å². The lowest BCUT2D eigenvalue weighted by Crippen LogP contribution is -2.05. The van der Waals surface area contributed by atoms with E-state index in [0.29, 0.717) is 12.2 Å². The van der Waals surface area contributed by atoms with Crippen LogP contribution in [0.1, 0.15) is 16.7 Å². The maximum absolute atomic E-state index is 13.5. The van der Waals surface area contributed by atoms with E-state index in [0.717, 1.165) is 22.8 Å². The molecular weight excluding hydrogens is 232 g/mol. The average Bonchev–Trinajstić information content (AvgIpc) is 2.31. The fourth-order valence-corrected chi connectivity index (χ4v) is 1.94. The summed E-state index contributed by atoms with van der Waals surface area (Å²) >= 11 is 0. The minimum atomic E-state index is -0.568. The molecule has 0 aliphatic rings. The summed E-state index contributed by atoms with van der Waals surface area (Å²) in [5, 5.41) is 3.00. The predicted molar refractivity (Wildman–Crippen MR) is 69.6 cm³/mol. The molecule has 0 saturated heterocycles. The van der Waals surface area contributed by atoms with Gasteiger partial charge in [-0.25, -0.2) is 8.78 Å². The maximum atomic E-state index is 13.5. The third-order valence-corrected chi connectivity index (χ3v) is 3.03. The second-order valence-electron chi connectivity index (χ2n) is 4.35. The van der Waals surface area contributed by atoms with Crippen LogP contribution in [0, 0.1) is 25.5 Å². The van der Waals surface area contributed by atoms with Gasteiger partial charge in [0.15, 0.2) is 0 Å². The zero-order valence-corrected chi connectivity index (χ0v) is 10.4. The monoisotopic (exact) mass is 247 g/mol. The second-order valence-corrected chi connectivity index (χ2v) is 4.35. The first kappa shape index (κ1) is 12.6. The first-order valence-corrected chi connectivity index (χ1v) is 5.82. The minimum absolute atomic E-state index is 0.319. The van der Waals surface area contributed by atoms with Gasteiger partial charge in [-0.1, -0.05) is 18.2 Å². The van der Waals surface area contributed by atoms with Gasteiger partial charge in [0.05, 0.1) is 5.69 Å². The zero-order chi connectivity index (χ0) is 13.1. The van der Waals surface area contributed by atoms with Crippen LogP contribution in [0.3, 0.4) is 0 Å². The summed E-state index contributed by atoms with van der Waals surface area (Å²) in [4.78, 5) is 0.